The summed E-state index contributed by atoms with van der Waals surface area (Å²) in [5.74, 6) is 1.51. The highest BCUT2D eigenvalue weighted by Gasteiger charge is 2.23. The minimum Gasteiger partial charge on any atom is -0.436 e. The van der Waals surface area contributed by atoms with Gasteiger partial charge in [0.15, 0.2) is 5.58 Å². The number of carbonyl (C=O) groups excluding carboxylic acids is 1. The normalized spacial score (nSPS) is 15.7. The van der Waals surface area contributed by atoms with Crippen LogP contribution in [0.25, 0.3) is 22.6 Å². The average Bonchev–Trinajstić information content (AvgIpc) is 3.05. The predicted molar refractivity (Wildman–Crippen MR) is 101 cm³/mol. The Kier molecular flexibility index (Phi) is 4.08. The monoisotopic (exact) mass is 351 g/mol. The zero-order valence-electron chi connectivity index (χ0n) is 15.1. The Morgan fingerprint density at radius 1 is 1.15 bits per heavy atom. The number of rotatable bonds is 3. The van der Waals surface area contributed by atoms with Crippen molar-refractivity contribution >= 4 is 28.5 Å². The van der Waals surface area contributed by atoms with Crippen LogP contribution in [0.15, 0.2) is 40.9 Å². The molecule has 0 atom stereocenters. The van der Waals surface area contributed by atoms with Gasteiger partial charge in [0.05, 0.1) is 12.1 Å². The highest BCUT2D eigenvalue weighted by Crippen LogP contribution is 2.28. The molecule has 134 valence electrons. The molecule has 0 saturated carbocycles. The maximum Gasteiger partial charge on any atom is 0.241 e. The van der Waals surface area contributed by atoms with Gasteiger partial charge in [0.1, 0.15) is 11.3 Å². The summed E-state index contributed by atoms with van der Waals surface area (Å²) < 4.78 is 5.86. The lowest BCUT2D eigenvalue weighted by Crippen LogP contribution is -2.48. The molecule has 4 rings (SSSR count). The Hall–Kier alpha value is -2.93. The van der Waals surface area contributed by atoms with Gasteiger partial charge in [-0.1, -0.05) is 0 Å². The molecule has 0 bridgehead atoms. The van der Waals surface area contributed by atoms with Crippen molar-refractivity contribution in [2.24, 2.45) is 0 Å². The van der Waals surface area contributed by atoms with Gasteiger partial charge in [0.25, 0.3) is 0 Å². The quantitative estimate of drug-likeness (QED) is 0.721. The van der Waals surface area contributed by atoms with E-state index in [0.717, 1.165) is 29.1 Å². The molecule has 1 aliphatic heterocycles. The number of hydrogen-bond acceptors (Lipinski definition) is 6. The second-order valence-corrected chi connectivity index (χ2v) is 6.75. The lowest BCUT2D eigenvalue weighted by atomic mass is 10.2. The molecule has 1 aliphatic rings. The fourth-order valence-electron chi connectivity index (χ4n) is 3.05. The van der Waals surface area contributed by atoms with Crippen molar-refractivity contribution in [2.75, 3.05) is 50.6 Å². The van der Waals surface area contributed by atoms with Gasteiger partial charge in [-0.05, 0) is 37.4 Å². The van der Waals surface area contributed by atoms with Crippen molar-refractivity contribution < 1.29 is 9.21 Å². The third kappa shape index (κ3) is 3.01. The highest BCUT2D eigenvalue weighted by atomic mass is 16.3. The molecule has 26 heavy (non-hydrogen) atoms. The first-order chi connectivity index (χ1) is 12.5. The number of fused-ring (bicyclic) bond motifs is 1. The summed E-state index contributed by atoms with van der Waals surface area (Å²) in [6, 6.07) is 9.56. The second kappa shape index (κ2) is 6.42. The Balaban J connectivity index is 1.64. The van der Waals surface area contributed by atoms with Gasteiger partial charge in [-0.15, -0.1) is 0 Å². The number of anilines is 2. The van der Waals surface area contributed by atoms with Crippen molar-refractivity contribution in [2.45, 2.75) is 0 Å². The van der Waals surface area contributed by atoms with Crippen LogP contribution < -0.4 is 9.80 Å². The smallest absolute Gasteiger partial charge is 0.241 e. The molecule has 0 spiro atoms. The zero-order chi connectivity index (χ0) is 18.3. The average molecular weight is 351 g/mol. The van der Waals surface area contributed by atoms with Gasteiger partial charge in [-0.25, -0.2) is 9.97 Å². The Morgan fingerprint density at radius 2 is 2.00 bits per heavy atom. The number of piperazine rings is 1. The molecule has 0 radical (unpaired) electrons. The number of aromatic nitrogens is 2. The minimum absolute atomic E-state index is 0.102. The number of pyridine rings is 1. The molecule has 1 fully saturated rings. The molecule has 1 saturated heterocycles. The number of carbonyl (C=O) groups is 1. The number of likely N-dealkylation sites (N-methyl/N-ethyl adjacent to an activating group) is 1. The molecule has 1 amide bonds. The first-order valence-corrected chi connectivity index (χ1v) is 8.54. The Bertz CT molecular complexity index is 948. The molecule has 3 aromatic rings. The van der Waals surface area contributed by atoms with E-state index < -0.39 is 0 Å². The summed E-state index contributed by atoms with van der Waals surface area (Å²) in [5, 5.41) is 0. The number of benzene rings is 1. The Labute approximate surface area is 151 Å². The number of oxazole rings is 1. The maximum absolute atomic E-state index is 12.3. The van der Waals surface area contributed by atoms with E-state index in [1.807, 2.05) is 61.3 Å². The molecule has 7 heteroatoms. The SMILES string of the molecule is CN1CCN(c2ccc3oc(-c4ccc(N(C)C)nc4)nc3c2)C(=O)C1. The first kappa shape index (κ1) is 16.5. The predicted octanol–water partition coefficient (Wildman–Crippen LogP) is 2.23. The van der Waals surface area contributed by atoms with Crippen LogP contribution in [0.5, 0.6) is 0 Å². The van der Waals surface area contributed by atoms with Crippen molar-refractivity contribution in [3.8, 4) is 11.5 Å². The number of hydrogen-bond donors (Lipinski definition) is 0. The van der Waals surface area contributed by atoms with E-state index in [2.05, 4.69) is 9.97 Å². The van der Waals surface area contributed by atoms with E-state index in [1.54, 1.807) is 11.1 Å². The van der Waals surface area contributed by atoms with Crippen LogP contribution in [0.1, 0.15) is 0 Å². The van der Waals surface area contributed by atoms with Crippen LogP contribution in [-0.2, 0) is 4.79 Å². The van der Waals surface area contributed by atoms with Crippen molar-refractivity contribution in [1.82, 2.24) is 14.9 Å². The van der Waals surface area contributed by atoms with E-state index in [9.17, 15) is 4.79 Å². The largest absolute Gasteiger partial charge is 0.436 e. The van der Waals surface area contributed by atoms with Crippen LogP contribution in [0.3, 0.4) is 0 Å². The molecule has 1 aromatic carbocycles. The molecule has 2 aromatic heterocycles. The Morgan fingerprint density at radius 3 is 2.69 bits per heavy atom. The van der Waals surface area contributed by atoms with E-state index in [1.165, 1.54) is 0 Å². The van der Waals surface area contributed by atoms with Crippen LogP contribution in [0.2, 0.25) is 0 Å². The van der Waals surface area contributed by atoms with Crippen molar-refractivity contribution in [3.63, 3.8) is 0 Å². The number of nitrogens with zero attached hydrogens (tertiary/aromatic N) is 5. The van der Waals surface area contributed by atoms with Crippen LogP contribution in [0.4, 0.5) is 11.5 Å². The minimum atomic E-state index is 0.102. The third-order valence-corrected chi connectivity index (χ3v) is 4.55. The van der Waals surface area contributed by atoms with Gasteiger partial charge in [-0.3, -0.25) is 9.69 Å². The molecular weight excluding hydrogens is 330 g/mol. The zero-order valence-corrected chi connectivity index (χ0v) is 15.1. The van der Waals surface area contributed by atoms with E-state index in [0.29, 0.717) is 24.6 Å². The molecular formula is C19H21N5O2. The molecule has 0 unspecified atom stereocenters. The topological polar surface area (TPSA) is 65.7 Å². The fraction of sp³-hybridized carbons (Fsp3) is 0.316. The summed E-state index contributed by atoms with van der Waals surface area (Å²) in [6.07, 6.45) is 1.75. The van der Waals surface area contributed by atoms with Crippen molar-refractivity contribution in [1.29, 1.82) is 0 Å². The van der Waals surface area contributed by atoms with Crippen LogP contribution >= 0.6 is 0 Å². The second-order valence-electron chi connectivity index (χ2n) is 6.75. The summed E-state index contributed by atoms with van der Waals surface area (Å²) in [6.45, 7) is 1.98. The molecule has 7 nitrogen and oxygen atoms in total. The summed E-state index contributed by atoms with van der Waals surface area (Å²) >= 11 is 0. The highest BCUT2D eigenvalue weighted by molar-refractivity contribution is 5.97. The van der Waals surface area contributed by atoms with Gasteiger partial charge >= 0.3 is 0 Å². The molecule has 0 N–H and O–H groups in total. The number of amides is 1. The lowest BCUT2D eigenvalue weighted by Gasteiger charge is -2.32. The molecule has 3 heterocycles. The van der Waals surface area contributed by atoms with Gasteiger partial charge in [0, 0.05) is 39.1 Å². The molecule has 0 aliphatic carbocycles. The van der Waals surface area contributed by atoms with Gasteiger partial charge in [0.2, 0.25) is 11.8 Å². The summed E-state index contributed by atoms with van der Waals surface area (Å²) in [7, 11) is 5.85. The first-order valence-electron chi connectivity index (χ1n) is 8.54. The summed E-state index contributed by atoms with van der Waals surface area (Å²) in [4.78, 5) is 27.0. The lowest BCUT2D eigenvalue weighted by molar-refractivity contribution is -0.120. The van der Waals surface area contributed by atoms with E-state index in [-0.39, 0.29) is 5.91 Å². The summed E-state index contributed by atoms with van der Waals surface area (Å²) in [5.41, 5.74) is 3.11. The van der Waals surface area contributed by atoms with Gasteiger partial charge < -0.3 is 14.2 Å². The third-order valence-electron chi connectivity index (χ3n) is 4.55. The fourth-order valence-corrected chi connectivity index (χ4v) is 3.05. The standard InChI is InChI=1S/C19H21N5O2/c1-22(2)17-7-4-13(11-20-17)19-21-15-10-14(5-6-16(15)26-19)24-9-8-23(3)12-18(24)25/h4-7,10-11H,8-9,12H2,1-3H3. The van der Waals surface area contributed by atoms with E-state index >= 15 is 0 Å². The van der Waals surface area contributed by atoms with E-state index in [4.69, 9.17) is 4.42 Å². The van der Waals surface area contributed by atoms with Crippen LogP contribution in [0, 0.1) is 0 Å². The van der Waals surface area contributed by atoms with Crippen LogP contribution in [-0.4, -0.2) is 61.6 Å². The van der Waals surface area contributed by atoms with Crippen molar-refractivity contribution in [3.05, 3.63) is 36.5 Å². The maximum atomic E-state index is 12.3. The van der Waals surface area contributed by atoms with Gasteiger partial charge in [-0.2, -0.15) is 0 Å².